The number of rotatable bonds is 4. The Morgan fingerprint density at radius 3 is 2.39 bits per heavy atom. The van der Waals surface area contributed by atoms with Crippen LogP contribution in [0.2, 0.25) is 5.02 Å². The number of carbonyl (C=O) groups excluding carboxylic acids is 1. The van der Waals surface area contributed by atoms with Crippen LogP contribution in [-0.2, 0) is 0 Å². The highest BCUT2D eigenvalue weighted by atomic mass is 35.5. The van der Waals surface area contributed by atoms with E-state index in [1.165, 1.54) is 11.6 Å². The first-order chi connectivity index (χ1) is 13.6. The molecule has 0 radical (unpaired) electrons. The molecule has 0 amide bonds. The van der Waals surface area contributed by atoms with Gasteiger partial charge >= 0.3 is 0 Å². The van der Waals surface area contributed by atoms with Gasteiger partial charge in [-0.3, -0.25) is 9.20 Å². The quantitative estimate of drug-likeness (QED) is 0.495. The molecule has 0 atom stereocenters. The van der Waals surface area contributed by atoms with E-state index in [0.29, 0.717) is 10.9 Å². The van der Waals surface area contributed by atoms with Gasteiger partial charge in [-0.2, -0.15) is 0 Å². The van der Waals surface area contributed by atoms with Crippen LogP contribution in [0, 0.1) is 11.7 Å². The predicted octanol–water partition coefficient (Wildman–Crippen LogP) is 6.16. The summed E-state index contributed by atoms with van der Waals surface area (Å²) >= 11 is 5.88. The van der Waals surface area contributed by atoms with Crippen molar-refractivity contribution in [2.24, 2.45) is 5.92 Å². The summed E-state index contributed by atoms with van der Waals surface area (Å²) in [6.07, 6.45) is 9.10. The summed E-state index contributed by atoms with van der Waals surface area (Å²) in [5.74, 6) is 0.651. The molecule has 1 aromatic carbocycles. The van der Waals surface area contributed by atoms with Gasteiger partial charge in [0, 0.05) is 10.9 Å². The Balaban J connectivity index is 1.39. The molecular weight excluding hydrogens is 375 g/mol. The van der Waals surface area contributed by atoms with Gasteiger partial charge < -0.3 is 0 Å². The van der Waals surface area contributed by atoms with Gasteiger partial charge in [0.1, 0.15) is 5.82 Å². The number of hydrogen-bond acceptors (Lipinski definition) is 2. The maximum atomic E-state index is 14.3. The van der Waals surface area contributed by atoms with Crippen molar-refractivity contribution in [1.82, 2.24) is 9.38 Å². The lowest BCUT2D eigenvalue weighted by atomic mass is 9.76. The molecule has 2 fully saturated rings. The van der Waals surface area contributed by atoms with E-state index in [0.717, 1.165) is 55.3 Å². The summed E-state index contributed by atoms with van der Waals surface area (Å²) in [5.41, 5.74) is 3.68. The fraction of sp³-hybridized carbons (Fsp3) is 0.391. The molecule has 0 N–H and O–H groups in total. The molecule has 2 aliphatic carbocycles. The van der Waals surface area contributed by atoms with E-state index in [1.807, 2.05) is 4.40 Å². The lowest BCUT2D eigenvalue weighted by Crippen LogP contribution is -2.24. The second kappa shape index (κ2) is 7.00. The second-order valence-electron chi connectivity index (χ2n) is 8.18. The van der Waals surface area contributed by atoms with E-state index in [-0.39, 0.29) is 23.4 Å². The first-order valence-corrected chi connectivity index (χ1v) is 10.4. The Kier molecular flexibility index (Phi) is 4.47. The number of aromatic nitrogens is 2. The topological polar surface area (TPSA) is 34.4 Å². The van der Waals surface area contributed by atoms with E-state index in [9.17, 15) is 9.18 Å². The predicted molar refractivity (Wildman–Crippen MR) is 108 cm³/mol. The number of carbonyl (C=O) groups is 1. The number of fused-ring (bicyclic) bond motifs is 1. The van der Waals surface area contributed by atoms with E-state index in [2.05, 4.69) is 17.1 Å². The zero-order valence-corrected chi connectivity index (χ0v) is 16.3. The number of Topliss-reactive ketones (excluding diaryl/α,β-unsaturated/α-hetero) is 1. The number of halogens is 2. The number of nitrogens with zero attached hydrogens (tertiary/aromatic N) is 2. The van der Waals surface area contributed by atoms with Gasteiger partial charge in [-0.25, -0.2) is 9.37 Å². The second-order valence-corrected chi connectivity index (χ2v) is 8.62. The van der Waals surface area contributed by atoms with Crippen molar-refractivity contribution in [2.75, 3.05) is 0 Å². The Morgan fingerprint density at radius 1 is 1.00 bits per heavy atom. The highest BCUT2D eigenvalue weighted by Gasteiger charge is 2.34. The maximum Gasteiger partial charge on any atom is 0.182 e. The van der Waals surface area contributed by atoms with Crippen molar-refractivity contribution >= 4 is 22.9 Å². The molecule has 144 valence electrons. The minimum absolute atomic E-state index is 0.00267. The molecule has 0 spiro atoms. The third-order valence-corrected chi connectivity index (χ3v) is 6.60. The zero-order valence-electron chi connectivity index (χ0n) is 15.6. The molecule has 2 heterocycles. The smallest absolute Gasteiger partial charge is 0.182 e. The van der Waals surface area contributed by atoms with Gasteiger partial charge in [0.15, 0.2) is 5.78 Å². The first kappa shape index (κ1) is 17.9. The van der Waals surface area contributed by atoms with Gasteiger partial charge in [0.05, 0.1) is 23.7 Å². The van der Waals surface area contributed by atoms with Crippen LogP contribution < -0.4 is 0 Å². The van der Waals surface area contributed by atoms with Crippen molar-refractivity contribution in [1.29, 1.82) is 0 Å². The number of ketones is 1. The lowest BCUT2D eigenvalue weighted by Gasteiger charge is -2.29. The largest absolute Gasteiger partial charge is 0.296 e. The molecule has 2 saturated carbocycles. The minimum atomic E-state index is -0.235. The Bertz CT molecular complexity index is 1050. The molecule has 2 aliphatic rings. The molecule has 3 aromatic rings. The average Bonchev–Trinajstić information content (AvgIpc) is 3.43. The minimum Gasteiger partial charge on any atom is -0.296 e. The maximum absolute atomic E-state index is 14.3. The SMILES string of the molecule is O=C(c1c(C2CC2)ccc2cncn12)C1CCC(c2ccc(Cl)cc2F)CC1. The summed E-state index contributed by atoms with van der Waals surface area (Å²) in [5, 5.41) is 0.422. The molecule has 3 nitrogen and oxygen atoms in total. The number of imidazole rings is 1. The van der Waals surface area contributed by atoms with Crippen LogP contribution in [0.5, 0.6) is 0 Å². The first-order valence-electron chi connectivity index (χ1n) is 10.1. The fourth-order valence-electron chi connectivity index (χ4n) is 4.69. The Morgan fingerprint density at radius 2 is 1.68 bits per heavy atom. The molecule has 5 heteroatoms. The molecule has 0 bridgehead atoms. The normalized spacial score (nSPS) is 22.5. The summed E-state index contributed by atoms with van der Waals surface area (Å²) in [6, 6.07) is 9.09. The summed E-state index contributed by atoms with van der Waals surface area (Å²) in [4.78, 5) is 17.7. The van der Waals surface area contributed by atoms with Crippen molar-refractivity contribution in [3.63, 3.8) is 0 Å². The Hall–Kier alpha value is -2.20. The van der Waals surface area contributed by atoms with E-state index in [4.69, 9.17) is 11.6 Å². The number of pyridine rings is 1. The molecule has 2 aromatic heterocycles. The van der Waals surface area contributed by atoms with Crippen LogP contribution in [0.4, 0.5) is 4.39 Å². The Labute approximate surface area is 168 Å². The van der Waals surface area contributed by atoms with Crippen LogP contribution in [-0.4, -0.2) is 15.2 Å². The zero-order chi connectivity index (χ0) is 19.3. The van der Waals surface area contributed by atoms with Gasteiger partial charge in [-0.15, -0.1) is 0 Å². The number of benzene rings is 1. The van der Waals surface area contributed by atoms with Crippen LogP contribution in [0.25, 0.3) is 5.52 Å². The summed E-state index contributed by atoms with van der Waals surface area (Å²) in [6.45, 7) is 0. The van der Waals surface area contributed by atoms with Gasteiger partial charge in [-0.05, 0) is 79.7 Å². The third kappa shape index (κ3) is 3.14. The molecule has 0 aliphatic heterocycles. The molecule has 28 heavy (non-hydrogen) atoms. The van der Waals surface area contributed by atoms with Crippen LogP contribution in [0.15, 0.2) is 42.9 Å². The fourth-order valence-corrected chi connectivity index (χ4v) is 4.84. The number of hydrogen-bond donors (Lipinski definition) is 0. The van der Waals surface area contributed by atoms with Crippen molar-refractivity contribution in [2.45, 2.75) is 50.4 Å². The molecule has 5 rings (SSSR count). The molecular formula is C23H22ClFN2O. The lowest BCUT2D eigenvalue weighted by molar-refractivity contribution is 0.0875. The van der Waals surface area contributed by atoms with Crippen molar-refractivity contribution < 1.29 is 9.18 Å². The van der Waals surface area contributed by atoms with Crippen molar-refractivity contribution in [3.05, 3.63) is 70.5 Å². The van der Waals surface area contributed by atoms with Crippen molar-refractivity contribution in [3.8, 4) is 0 Å². The van der Waals surface area contributed by atoms with Crippen LogP contribution in [0.1, 0.15) is 72.0 Å². The van der Waals surface area contributed by atoms with Crippen LogP contribution >= 0.6 is 11.6 Å². The molecule has 0 unspecified atom stereocenters. The van der Waals surface area contributed by atoms with Gasteiger partial charge in [0.25, 0.3) is 0 Å². The summed E-state index contributed by atoms with van der Waals surface area (Å²) in [7, 11) is 0. The van der Waals surface area contributed by atoms with E-state index in [1.54, 1.807) is 24.7 Å². The van der Waals surface area contributed by atoms with Gasteiger partial charge in [-0.1, -0.05) is 23.7 Å². The summed E-state index contributed by atoms with van der Waals surface area (Å²) < 4.78 is 16.2. The van der Waals surface area contributed by atoms with Crippen LogP contribution in [0.3, 0.4) is 0 Å². The monoisotopic (exact) mass is 396 g/mol. The average molecular weight is 397 g/mol. The highest BCUT2D eigenvalue weighted by molar-refractivity contribution is 6.30. The highest BCUT2D eigenvalue weighted by Crippen LogP contribution is 2.44. The standard InChI is InChI=1S/C23H22ClFN2O/c24-17-7-9-19(21(25)11-17)14-3-5-16(6-4-14)23(28)22-20(15-1-2-15)10-8-18-12-26-13-27(18)22/h7-16H,1-6H2. The third-order valence-electron chi connectivity index (χ3n) is 6.37. The van der Waals surface area contributed by atoms with E-state index < -0.39 is 0 Å². The molecule has 0 saturated heterocycles. The van der Waals surface area contributed by atoms with E-state index >= 15 is 0 Å². The van der Waals surface area contributed by atoms with Gasteiger partial charge in [0.2, 0.25) is 0 Å².